The fourth-order valence-electron chi connectivity index (χ4n) is 1.53. The first kappa shape index (κ1) is 16.0. The summed E-state index contributed by atoms with van der Waals surface area (Å²) in [4.78, 5) is 4.00. The summed E-state index contributed by atoms with van der Waals surface area (Å²) in [6.45, 7) is 2.86. The highest BCUT2D eigenvalue weighted by Crippen LogP contribution is 2.15. The smallest absolute Gasteiger partial charge is 0.193 e. The van der Waals surface area contributed by atoms with Crippen LogP contribution in [0.25, 0.3) is 0 Å². The van der Waals surface area contributed by atoms with Crippen molar-refractivity contribution in [1.29, 1.82) is 0 Å². The van der Waals surface area contributed by atoms with Crippen LogP contribution in [0.2, 0.25) is 0 Å². The predicted octanol–water partition coefficient (Wildman–Crippen LogP) is 1.33. The monoisotopic (exact) mass is 279 g/mol. The van der Waals surface area contributed by atoms with E-state index in [2.05, 4.69) is 17.2 Å². The minimum absolute atomic E-state index is 0.299. The van der Waals surface area contributed by atoms with Crippen molar-refractivity contribution in [3.63, 3.8) is 0 Å². The molecular weight excluding hydrogens is 257 g/mol. The Kier molecular flexibility index (Phi) is 6.52. The number of nitrogens with one attached hydrogen (secondary N) is 1. The molecular formula is C14H22FN5. The van der Waals surface area contributed by atoms with Crippen LogP contribution in [0.15, 0.2) is 41.2 Å². The van der Waals surface area contributed by atoms with Gasteiger partial charge in [-0.2, -0.15) is 0 Å². The lowest BCUT2D eigenvalue weighted by atomic mass is 10.1. The number of nitrogens with zero attached hydrogens (tertiary/aromatic N) is 1. The maximum Gasteiger partial charge on any atom is 0.193 e. The van der Waals surface area contributed by atoms with Gasteiger partial charge in [-0.1, -0.05) is 25.5 Å². The zero-order chi connectivity index (χ0) is 15.0. The SMILES string of the molecule is CCCCN/C(N)=N/C=C(\N)C(N)c1ccc(F)cc1. The second-order valence-corrected chi connectivity index (χ2v) is 4.45. The summed E-state index contributed by atoms with van der Waals surface area (Å²) in [5.74, 6) is -0.0152. The number of benzene rings is 1. The summed E-state index contributed by atoms with van der Waals surface area (Å²) in [5, 5.41) is 2.96. The Morgan fingerprint density at radius 3 is 2.60 bits per heavy atom. The number of nitrogens with two attached hydrogens (primary N) is 3. The summed E-state index contributed by atoms with van der Waals surface area (Å²) in [7, 11) is 0. The molecule has 1 aromatic carbocycles. The van der Waals surface area contributed by atoms with Crippen molar-refractivity contribution >= 4 is 5.96 Å². The Morgan fingerprint density at radius 2 is 2.00 bits per heavy atom. The summed E-state index contributed by atoms with van der Waals surface area (Å²) < 4.78 is 12.8. The number of unbranched alkanes of at least 4 members (excludes halogenated alkanes) is 1. The van der Waals surface area contributed by atoms with Crippen molar-refractivity contribution in [2.45, 2.75) is 25.8 Å². The van der Waals surface area contributed by atoms with Gasteiger partial charge in [0.15, 0.2) is 5.96 Å². The molecule has 0 aliphatic rings. The number of aliphatic imine (C=N–C) groups is 1. The minimum Gasteiger partial charge on any atom is -0.399 e. The molecule has 0 spiro atoms. The Hall–Kier alpha value is -2.08. The maximum atomic E-state index is 12.8. The Labute approximate surface area is 118 Å². The van der Waals surface area contributed by atoms with Crippen LogP contribution in [-0.4, -0.2) is 12.5 Å². The normalized spacial score (nSPS) is 14.2. The molecule has 0 saturated heterocycles. The molecule has 0 radical (unpaired) electrons. The molecule has 20 heavy (non-hydrogen) atoms. The number of hydrogen-bond donors (Lipinski definition) is 4. The third-order valence-corrected chi connectivity index (χ3v) is 2.78. The molecule has 5 nitrogen and oxygen atoms in total. The molecule has 0 heterocycles. The molecule has 0 amide bonds. The van der Waals surface area contributed by atoms with Gasteiger partial charge in [0.05, 0.1) is 12.2 Å². The highest BCUT2D eigenvalue weighted by Gasteiger charge is 2.08. The Bertz CT molecular complexity index is 467. The van der Waals surface area contributed by atoms with Crippen molar-refractivity contribution in [2.24, 2.45) is 22.2 Å². The third kappa shape index (κ3) is 5.27. The van der Waals surface area contributed by atoms with Crippen LogP contribution in [0.5, 0.6) is 0 Å². The highest BCUT2D eigenvalue weighted by molar-refractivity contribution is 5.78. The number of halogens is 1. The summed E-state index contributed by atoms with van der Waals surface area (Å²) in [6, 6.07) is 5.32. The van der Waals surface area contributed by atoms with E-state index >= 15 is 0 Å². The first-order valence-corrected chi connectivity index (χ1v) is 6.58. The lowest BCUT2D eigenvalue weighted by Crippen LogP contribution is -2.32. The van der Waals surface area contributed by atoms with Gasteiger partial charge in [0, 0.05) is 12.2 Å². The van der Waals surface area contributed by atoms with Crippen LogP contribution in [-0.2, 0) is 0 Å². The quantitative estimate of drug-likeness (QED) is 0.358. The minimum atomic E-state index is -0.539. The zero-order valence-electron chi connectivity index (χ0n) is 11.6. The van der Waals surface area contributed by atoms with Crippen LogP contribution in [0.4, 0.5) is 4.39 Å². The van der Waals surface area contributed by atoms with Gasteiger partial charge in [-0.15, -0.1) is 0 Å². The van der Waals surface area contributed by atoms with Gasteiger partial charge in [0.25, 0.3) is 0 Å². The van der Waals surface area contributed by atoms with Gasteiger partial charge in [-0.3, -0.25) is 0 Å². The molecule has 0 aromatic heterocycles. The molecule has 110 valence electrons. The van der Waals surface area contributed by atoms with E-state index in [1.165, 1.54) is 18.3 Å². The van der Waals surface area contributed by atoms with E-state index in [1.54, 1.807) is 12.1 Å². The van der Waals surface area contributed by atoms with Crippen LogP contribution in [0, 0.1) is 5.82 Å². The molecule has 1 rings (SSSR count). The molecule has 0 aliphatic carbocycles. The number of guanidine groups is 1. The molecule has 1 atom stereocenters. The van der Waals surface area contributed by atoms with E-state index < -0.39 is 6.04 Å². The lowest BCUT2D eigenvalue weighted by molar-refractivity contribution is 0.626. The lowest BCUT2D eigenvalue weighted by Gasteiger charge is -2.11. The van der Waals surface area contributed by atoms with E-state index in [1.807, 2.05) is 0 Å². The van der Waals surface area contributed by atoms with Crippen LogP contribution >= 0.6 is 0 Å². The summed E-state index contributed by atoms with van der Waals surface area (Å²) in [6.07, 6.45) is 3.51. The summed E-state index contributed by atoms with van der Waals surface area (Å²) in [5.41, 5.74) is 18.5. The van der Waals surface area contributed by atoms with Crippen LogP contribution in [0.3, 0.4) is 0 Å². The molecule has 1 unspecified atom stereocenters. The van der Waals surface area contributed by atoms with Crippen molar-refractivity contribution in [3.8, 4) is 0 Å². The van der Waals surface area contributed by atoms with Crippen molar-refractivity contribution in [2.75, 3.05) is 6.54 Å². The average Bonchev–Trinajstić information content (AvgIpc) is 2.45. The van der Waals surface area contributed by atoms with Crippen molar-refractivity contribution in [1.82, 2.24) is 5.32 Å². The first-order valence-electron chi connectivity index (χ1n) is 6.58. The van der Waals surface area contributed by atoms with Gasteiger partial charge in [0.1, 0.15) is 5.82 Å². The van der Waals surface area contributed by atoms with Crippen LogP contribution < -0.4 is 22.5 Å². The van der Waals surface area contributed by atoms with Gasteiger partial charge >= 0.3 is 0 Å². The fourth-order valence-corrected chi connectivity index (χ4v) is 1.53. The average molecular weight is 279 g/mol. The molecule has 0 aliphatic heterocycles. The Balaban J connectivity index is 2.63. The maximum absolute atomic E-state index is 12.8. The van der Waals surface area contributed by atoms with E-state index in [-0.39, 0.29) is 5.82 Å². The molecule has 1 aromatic rings. The number of rotatable bonds is 6. The van der Waals surface area contributed by atoms with Gasteiger partial charge < -0.3 is 22.5 Å². The first-order chi connectivity index (χ1) is 9.54. The molecule has 0 fully saturated rings. The largest absolute Gasteiger partial charge is 0.399 e. The van der Waals surface area contributed by atoms with Gasteiger partial charge in [0.2, 0.25) is 0 Å². The predicted molar refractivity (Wildman–Crippen MR) is 80.1 cm³/mol. The van der Waals surface area contributed by atoms with Gasteiger partial charge in [-0.25, -0.2) is 9.38 Å². The summed E-state index contributed by atoms with van der Waals surface area (Å²) >= 11 is 0. The Morgan fingerprint density at radius 1 is 1.35 bits per heavy atom. The van der Waals surface area contributed by atoms with Crippen molar-refractivity contribution < 1.29 is 4.39 Å². The van der Waals surface area contributed by atoms with E-state index in [9.17, 15) is 4.39 Å². The second kappa shape index (κ2) is 8.16. The van der Waals surface area contributed by atoms with E-state index in [0.29, 0.717) is 17.2 Å². The van der Waals surface area contributed by atoms with Crippen molar-refractivity contribution in [3.05, 3.63) is 47.5 Å². The van der Waals surface area contributed by atoms with Crippen LogP contribution in [0.1, 0.15) is 31.4 Å². The highest BCUT2D eigenvalue weighted by atomic mass is 19.1. The molecule has 0 bridgehead atoms. The van der Waals surface area contributed by atoms with E-state index in [4.69, 9.17) is 17.2 Å². The zero-order valence-corrected chi connectivity index (χ0v) is 11.6. The second-order valence-electron chi connectivity index (χ2n) is 4.45. The van der Waals surface area contributed by atoms with E-state index in [0.717, 1.165) is 19.4 Å². The standard InChI is InChI=1S/C14H22FN5/c1-2-3-8-19-14(18)20-9-12(16)13(17)10-4-6-11(15)7-5-10/h4-7,9,13H,2-3,8,16-17H2,1H3,(H3,18,19,20)/b12-9-. The molecule has 7 N–H and O–H groups in total. The number of hydrogen-bond acceptors (Lipinski definition) is 3. The molecule has 6 heteroatoms. The molecule has 0 saturated carbocycles. The third-order valence-electron chi connectivity index (χ3n) is 2.78. The fraction of sp³-hybridized carbons (Fsp3) is 0.357. The van der Waals surface area contributed by atoms with Gasteiger partial charge in [-0.05, 0) is 24.1 Å². The topological polar surface area (TPSA) is 102 Å².